The SMILES string of the molecule is O=C(O)Cc1ccc(CNc2nccs2)s1. The van der Waals surface area contributed by atoms with Crippen LogP contribution in [-0.2, 0) is 17.8 Å². The van der Waals surface area contributed by atoms with Crippen LogP contribution in [0.25, 0.3) is 0 Å². The van der Waals surface area contributed by atoms with Gasteiger partial charge in [0, 0.05) is 21.3 Å². The molecule has 2 N–H and O–H groups in total. The third-order valence-corrected chi connectivity index (χ3v) is 3.70. The summed E-state index contributed by atoms with van der Waals surface area (Å²) in [7, 11) is 0. The number of carbonyl (C=O) groups is 1. The van der Waals surface area contributed by atoms with Gasteiger partial charge in [-0.2, -0.15) is 0 Å². The zero-order chi connectivity index (χ0) is 11.4. The number of hydrogen-bond acceptors (Lipinski definition) is 5. The van der Waals surface area contributed by atoms with E-state index in [1.807, 2.05) is 17.5 Å². The monoisotopic (exact) mass is 254 g/mol. The molecule has 0 unspecified atom stereocenters. The summed E-state index contributed by atoms with van der Waals surface area (Å²) in [5, 5.41) is 14.6. The third-order valence-electron chi connectivity index (χ3n) is 1.89. The fourth-order valence-electron chi connectivity index (χ4n) is 1.23. The average Bonchev–Trinajstić information content (AvgIpc) is 2.84. The Labute approximate surface area is 101 Å². The second kappa shape index (κ2) is 5.09. The van der Waals surface area contributed by atoms with Crippen LogP contribution in [0.3, 0.4) is 0 Å². The van der Waals surface area contributed by atoms with Crippen LogP contribution in [0.1, 0.15) is 9.75 Å². The van der Waals surface area contributed by atoms with Gasteiger partial charge in [-0.25, -0.2) is 4.98 Å². The van der Waals surface area contributed by atoms with Gasteiger partial charge in [-0.3, -0.25) is 4.79 Å². The Hall–Kier alpha value is -1.40. The number of nitrogens with zero attached hydrogens (tertiary/aromatic N) is 1. The number of anilines is 1. The van der Waals surface area contributed by atoms with E-state index in [-0.39, 0.29) is 6.42 Å². The van der Waals surface area contributed by atoms with Crippen molar-refractivity contribution in [3.63, 3.8) is 0 Å². The van der Waals surface area contributed by atoms with Crippen LogP contribution >= 0.6 is 22.7 Å². The summed E-state index contributed by atoms with van der Waals surface area (Å²) in [6, 6.07) is 3.81. The van der Waals surface area contributed by atoms with Gasteiger partial charge in [-0.15, -0.1) is 22.7 Å². The first-order valence-electron chi connectivity index (χ1n) is 4.67. The molecule has 16 heavy (non-hydrogen) atoms. The highest BCUT2D eigenvalue weighted by atomic mass is 32.1. The van der Waals surface area contributed by atoms with E-state index in [4.69, 9.17) is 5.11 Å². The summed E-state index contributed by atoms with van der Waals surface area (Å²) >= 11 is 3.06. The number of carboxylic acids is 1. The molecule has 0 aliphatic heterocycles. The van der Waals surface area contributed by atoms with E-state index in [1.165, 1.54) is 11.3 Å². The number of nitrogens with one attached hydrogen (secondary N) is 1. The maximum Gasteiger partial charge on any atom is 0.308 e. The van der Waals surface area contributed by atoms with Crippen LogP contribution in [0.4, 0.5) is 5.13 Å². The molecule has 2 heterocycles. The first-order chi connectivity index (χ1) is 7.74. The van der Waals surface area contributed by atoms with Crippen molar-refractivity contribution in [2.75, 3.05) is 5.32 Å². The van der Waals surface area contributed by atoms with E-state index < -0.39 is 5.97 Å². The van der Waals surface area contributed by atoms with Gasteiger partial charge in [-0.05, 0) is 12.1 Å². The molecule has 84 valence electrons. The van der Waals surface area contributed by atoms with Crippen LogP contribution in [0.15, 0.2) is 23.7 Å². The first kappa shape index (κ1) is 11.1. The van der Waals surface area contributed by atoms with Gasteiger partial charge in [-0.1, -0.05) is 0 Å². The minimum atomic E-state index is -0.790. The van der Waals surface area contributed by atoms with E-state index in [0.717, 1.165) is 14.9 Å². The molecule has 0 bridgehead atoms. The second-order valence-electron chi connectivity index (χ2n) is 3.13. The molecule has 2 aromatic heterocycles. The highest BCUT2D eigenvalue weighted by Gasteiger charge is 2.04. The molecule has 0 saturated carbocycles. The molecule has 0 fully saturated rings. The number of hydrogen-bond donors (Lipinski definition) is 2. The number of thiophene rings is 1. The van der Waals surface area contributed by atoms with Crippen LogP contribution in [0, 0.1) is 0 Å². The molecule has 2 aromatic rings. The maximum atomic E-state index is 10.5. The van der Waals surface area contributed by atoms with Gasteiger partial charge < -0.3 is 10.4 Å². The molecule has 0 spiro atoms. The summed E-state index contributed by atoms with van der Waals surface area (Å²) in [5.41, 5.74) is 0. The fraction of sp³-hybridized carbons (Fsp3) is 0.200. The lowest BCUT2D eigenvalue weighted by molar-refractivity contribution is -0.136. The van der Waals surface area contributed by atoms with E-state index in [0.29, 0.717) is 6.54 Å². The van der Waals surface area contributed by atoms with Crippen molar-refractivity contribution in [1.29, 1.82) is 0 Å². The Balaban J connectivity index is 1.90. The highest BCUT2D eigenvalue weighted by Crippen LogP contribution is 2.19. The second-order valence-corrected chi connectivity index (χ2v) is 5.28. The molecule has 0 aromatic carbocycles. The molecule has 6 heteroatoms. The normalized spacial score (nSPS) is 10.2. The standard InChI is InChI=1S/C10H10N2O2S2/c13-9(14)5-7-1-2-8(16-7)6-12-10-11-3-4-15-10/h1-4H,5-6H2,(H,11,12)(H,13,14). The van der Waals surface area contributed by atoms with Crippen molar-refractivity contribution in [3.05, 3.63) is 33.5 Å². The molecule has 0 amide bonds. The molecule has 0 saturated heterocycles. The van der Waals surface area contributed by atoms with Gasteiger partial charge in [0.2, 0.25) is 0 Å². The summed E-state index contributed by atoms with van der Waals surface area (Å²) in [6.45, 7) is 0.692. The van der Waals surface area contributed by atoms with Gasteiger partial charge in [0.05, 0.1) is 13.0 Å². The van der Waals surface area contributed by atoms with Gasteiger partial charge >= 0.3 is 5.97 Å². The number of thiazole rings is 1. The van der Waals surface area contributed by atoms with Gasteiger partial charge in [0.15, 0.2) is 5.13 Å². The molecule has 0 aliphatic rings. The largest absolute Gasteiger partial charge is 0.481 e. The summed E-state index contributed by atoms with van der Waals surface area (Å²) in [6.07, 6.45) is 1.85. The predicted molar refractivity (Wildman–Crippen MR) is 65.1 cm³/mol. The first-order valence-corrected chi connectivity index (χ1v) is 6.36. The van der Waals surface area contributed by atoms with Crippen LogP contribution in [0.5, 0.6) is 0 Å². The number of rotatable bonds is 5. The van der Waals surface area contributed by atoms with Crippen molar-refractivity contribution in [1.82, 2.24) is 4.98 Å². The van der Waals surface area contributed by atoms with Crippen molar-refractivity contribution in [2.24, 2.45) is 0 Å². The Morgan fingerprint density at radius 3 is 2.94 bits per heavy atom. The molecule has 0 atom stereocenters. The lowest BCUT2D eigenvalue weighted by atomic mass is 10.3. The molecule has 0 aliphatic carbocycles. The Bertz CT molecular complexity index is 465. The Morgan fingerprint density at radius 1 is 1.44 bits per heavy atom. The Morgan fingerprint density at radius 2 is 2.25 bits per heavy atom. The smallest absolute Gasteiger partial charge is 0.308 e. The van der Waals surface area contributed by atoms with E-state index in [1.54, 1.807) is 17.5 Å². The average molecular weight is 254 g/mol. The van der Waals surface area contributed by atoms with E-state index in [2.05, 4.69) is 10.3 Å². The quantitative estimate of drug-likeness (QED) is 0.860. The lowest BCUT2D eigenvalue weighted by Gasteiger charge is -1.98. The fourth-order valence-corrected chi connectivity index (χ4v) is 2.71. The summed E-state index contributed by atoms with van der Waals surface area (Å²) in [4.78, 5) is 16.6. The molecular formula is C10H10N2O2S2. The lowest BCUT2D eigenvalue weighted by Crippen LogP contribution is -1.97. The summed E-state index contributed by atoms with van der Waals surface area (Å²) in [5.74, 6) is -0.790. The van der Waals surface area contributed by atoms with Crippen LogP contribution < -0.4 is 5.32 Å². The maximum absolute atomic E-state index is 10.5. The number of aliphatic carboxylic acids is 1. The minimum absolute atomic E-state index is 0.0991. The number of carboxylic acid groups (broad SMARTS) is 1. The van der Waals surface area contributed by atoms with E-state index >= 15 is 0 Å². The minimum Gasteiger partial charge on any atom is -0.481 e. The Kier molecular flexibility index (Phi) is 3.53. The van der Waals surface area contributed by atoms with Crippen molar-refractivity contribution < 1.29 is 9.90 Å². The molecule has 2 rings (SSSR count). The van der Waals surface area contributed by atoms with Gasteiger partial charge in [0.25, 0.3) is 0 Å². The zero-order valence-electron chi connectivity index (χ0n) is 8.34. The topological polar surface area (TPSA) is 62.2 Å². The van der Waals surface area contributed by atoms with Crippen molar-refractivity contribution >= 4 is 33.8 Å². The molecular weight excluding hydrogens is 244 g/mol. The van der Waals surface area contributed by atoms with Crippen LogP contribution in [-0.4, -0.2) is 16.1 Å². The highest BCUT2D eigenvalue weighted by molar-refractivity contribution is 7.13. The van der Waals surface area contributed by atoms with Crippen molar-refractivity contribution in [2.45, 2.75) is 13.0 Å². The van der Waals surface area contributed by atoms with E-state index in [9.17, 15) is 4.79 Å². The van der Waals surface area contributed by atoms with Crippen molar-refractivity contribution in [3.8, 4) is 0 Å². The van der Waals surface area contributed by atoms with Crippen LogP contribution in [0.2, 0.25) is 0 Å². The summed E-state index contributed by atoms with van der Waals surface area (Å²) < 4.78 is 0. The third kappa shape index (κ3) is 3.04. The molecule has 0 radical (unpaired) electrons. The predicted octanol–water partition coefficient (Wildman–Crippen LogP) is 2.44. The molecule has 4 nitrogen and oxygen atoms in total. The van der Waals surface area contributed by atoms with Gasteiger partial charge in [0.1, 0.15) is 0 Å². The number of aromatic nitrogens is 1. The zero-order valence-corrected chi connectivity index (χ0v) is 9.98.